The average molecular weight is 266 g/mol. The summed E-state index contributed by atoms with van der Waals surface area (Å²) < 4.78 is 18.6. The molecule has 1 atom stereocenters. The Morgan fingerprint density at radius 2 is 2.32 bits per heavy atom. The van der Waals surface area contributed by atoms with E-state index in [1.54, 1.807) is 12.1 Å². The lowest BCUT2D eigenvalue weighted by atomic mass is 10.1. The van der Waals surface area contributed by atoms with Crippen LogP contribution < -0.4 is 10.2 Å². The second kappa shape index (κ2) is 6.52. The molecule has 0 radical (unpaired) electrons. The van der Waals surface area contributed by atoms with E-state index in [1.165, 1.54) is 13.2 Å². The van der Waals surface area contributed by atoms with Gasteiger partial charge in [-0.15, -0.1) is 0 Å². The zero-order valence-corrected chi connectivity index (χ0v) is 11.1. The van der Waals surface area contributed by atoms with E-state index < -0.39 is 0 Å². The Morgan fingerprint density at radius 3 is 3.05 bits per heavy atom. The first kappa shape index (κ1) is 13.8. The Morgan fingerprint density at radius 1 is 1.53 bits per heavy atom. The third-order valence-electron chi connectivity index (χ3n) is 3.37. The number of carbonyl (C=O) groups excluding carboxylic acids is 1. The lowest BCUT2D eigenvalue weighted by Crippen LogP contribution is -2.42. The van der Waals surface area contributed by atoms with E-state index in [2.05, 4.69) is 5.32 Å². The highest BCUT2D eigenvalue weighted by molar-refractivity contribution is 5.71. The maximum atomic E-state index is 13.9. The molecule has 0 spiro atoms. The molecular weight excluding hydrogens is 247 g/mol. The standard InChI is InChI=1S/C14H19FN2O2/c1-19-14(18)9-11-10-16-7-4-8-17(11)13-6-3-2-5-12(13)15/h2-3,5-6,11,16H,4,7-10H2,1H3. The first-order chi connectivity index (χ1) is 9.22. The third kappa shape index (κ3) is 3.44. The highest BCUT2D eigenvalue weighted by Gasteiger charge is 2.25. The van der Waals surface area contributed by atoms with E-state index in [9.17, 15) is 9.18 Å². The molecule has 0 amide bonds. The zero-order chi connectivity index (χ0) is 13.7. The molecule has 0 aromatic heterocycles. The minimum absolute atomic E-state index is 0.0770. The molecule has 0 bridgehead atoms. The molecule has 1 aromatic carbocycles. The number of carbonyl (C=O) groups is 1. The molecule has 1 N–H and O–H groups in total. The fourth-order valence-corrected chi connectivity index (χ4v) is 2.40. The maximum Gasteiger partial charge on any atom is 0.307 e. The van der Waals surface area contributed by atoms with Crippen molar-refractivity contribution in [3.05, 3.63) is 30.1 Å². The highest BCUT2D eigenvalue weighted by Crippen LogP contribution is 2.23. The fourth-order valence-electron chi connectivity index (χ4n) is 2.40. The van der Waals surface area contributed by atoms with Crippen molar-refractivity contribution in [3.63, 3.8) is 0 Å². The third-order valence-corrected chi connectivity index (χ3v) is 3.37. The van der Waals surface area contributed by atoms with Crippen molar-refractivity contribution in [2.24, 2.45) is 0 Å². The van der Waals surface area contributed by atoms with E-state index in [0.29, 0.717) is 12.2 Å². The zero-order valence-electron chi connectivity index (χ0n) is 11.1. The molecule has 1 aromatic rings. The van der Waals surface area contributed by atoms with Crippen molar-refractivity contribution in [2.45, 2.75) is 18.9 Å². The van der Waals surface area contributed by atoms with E-state index in [0.717, 1.165) is 19.5 Å². The van der Waals surface area contributed by atoms with Crippen molar-refractivity contribution in [1.29, 1.82) is 0 Å². The molecule has 1 fully saturated rings. The van der Waals surface area contributed by atoms with Gasteiger partial charge in [-0.25, -0.2) is 4.39 Å². The summed E-state index contributed by atoms with van der Waals surface area (Å²) in [7, 11) is 1.37. The second-order valence-electron chi connectivity index (χ2n) is 4.64. The smallest absolute Gasteiger partial charge is 0.307 e. The molecule has 19 heavy (non-hydrogen) atoms. The lowest BCUT2D eigenvalue weighted by molar-refractivity contribution is -0.141. The Bertz CT molecular complexity index is 439. The van der Waals surface area contributed by atoms with Crippen molar-refractivity contribution in [3.8, 4) is 0 Å². The summed E-state index contributed by atoms with van der Waals surface area (Å²) in [4.78, 5) is 13.4. The van der Waals surface area contributed by atoms with Crippen LogP contribution in [0.15, 0.2) is 24.3 Å². The number of nitrogens with zero attached hydrogens (tertiary/aromatic N) is 1. The first-order valence-electron chi connectivity index (χ1n) is 6.51. The molecule has 1 aliphatic heterocycles. The number of hydrogen-bond acceptors (Lipinski definition) is 4. The Labute approximate surface area is 112 Å². The number of benzene rings is 1. The van der Waals surface area contributed by atoms with E-state index >= 15 is 0 Å². The maximum absolute atomic E-state index is 13.9. The molecule has 104 valence electrons. The molecule has 1 unspecified atom stereocenters. The van der Waals surface area contributed by atoms with Crippen molar-refractivity contribution < 1.29 is 13.9 Å². The molecule has 4 nitrogen and oxygen atoms in total. The van der Waals surface area contributed by atoms with Crippen LogP contribution in [0.25, 0.3) is 0 Å². The second-order valence-corrected chi connectivity index (χ2v) is 4.64. The van der Waals surface area contributed by atoms with Gasteiger partial charge in [-0.3, -0.25) is 4.79 Å². The molecule has 0 saturated carbocycles. The number of rotatable bonds is 3. The summed E-state index contributed by atoms with van der Waals surface area (Å²) >= 11 is 0. The summed E-state index contributed by atoms with van der Waals surface area (Å²) in [5, 5.41) is 3.27. The predicted octanol–water partition coefficient (Wildman–Crippen LogP) is 1.56. The van der Waals surface area contributed by atoms with Gasteiger partial charge in [0.25, 0.3) is 0 Å². The summed E-state index contributed by atoms with van der Waals surface area (Å²) in [6.45, 7) is 2.27. The van der Waals surface area contributed by atoms with Crippen LogP contribution in [-0.2, 0) is 9.53 Å². The molecule has 1 saturated heterocycles. The molecule has 1 aliphatic rings. The Balaban J connectivity index is 2.22. The SMILES string of the molecule is COC(=O)CC1CNCCCN1c1ccccc1F. The number of ether oxygens (including phenoxy) is 1. The largest absolute Gasteiger partial charge is 0.469 e. The highest BCUT2D eigenvalue weighted by atomic mass is 19.1. The van der Waals surface area contributed by atoms with Crippen LogP contribution in [0.5, 0.6) is 0 Å². The molecule has 1 heterocycles. The van der Waals surface area contributed by atoms with Gasteiger partial charge in [0.2, 0.25) is 0 Å². The molecule has 2 rings (SSSR count). The summed E-state index contributed by atoms with van der Waals surface area (Å²) in [6.07, 6.45) is 1.18. The Kier molecular flexibility index (Phi) is 4.74. The van der Waals surface area contributed by atoms with Crippen LogP contribution in [0.1, 0.15) is 12.8 Å². The minimum atomic E-state index is -0.268. The van der Waals surface area contributed by atoms with Crippen LogP contribution in [0, 0.1) is 5.82 Å². The van der Waals surface area contributed by atoms with Crippen LogP contribution in [0.2, 0.25) is 0 Å². The fraction of sp³-hybridized carbons (Fsp3) is 0.500. The van der Waals surface area contributed by atoms with Gasteiger partial charge < -0.3 is 15.0 Å². The summed E-state index contributed by atoms with van der Waals surface area (Å²) in [6, 6.07) is 6.61. The van der Waals surface area contributed by atoms with E-state index in [4.69, 9.17) is 4.74 Å². The number of esters is 1. The number of methoxy groups -OCH3 is 1. The monoisotopic (exact) mass is 266 g/mol. The summed E-state index contributed by atoms with van der Waals surface area (Å²) in [5.74, 6) is -0.519. The number of para-hydroxylation sites is 1. The van der Waals surface area contributed by atoms with Gasteiger partial charge in [-0.05, 0) is 25.1 Å². The number of anilines is 1. The van der Waals surface area contributed by atoms with Gasteiger partial charge in [0.1, 0.15) is 5.82 Å². The number of hydrogen-bond donors (Lipinski definition) is 1. The molecular formula is C14H19FN2O2. The normalized spacial score (nSPS) is 19.9. The van der Waals surface area contributed by atoms with Crippen LogP contribution in [-0.4, -0.2) is 38.8 Å². The van der Waals surface area contributed by atoms with Gasteiger partial charge in [-0.1, -0.05) is 12.1 Å². The van der Waals surface area contributed by atoms with Gasteiger partial charge in [-0.2, -0.15) is 0 Å². The van der Waals surface area contributed by atoms with Crippen LogP contribution in [0.4, 0.5) is 10.1 Å². The van der Waals surface area contributed by atoms with Gasteiger partial charge in [0.05, 0.1) is 25.3 Å². The van der Waals surface area contributed by atoms with Crippen LogP contribution >= 0.6 is 0 Å². The van der Waals surface area contributed by atoms with Crippen molar-refractivity contribution in [2.75, 3.05) is 31.6 Å². The van der Waals surface area contributed by atoms with E-state index in [-0.39, 0.29) is 24.2 Å². The van der Waals surface area contributed by atoms with E-state index in [1.807, 2.05) is 11.0 Å². The van der Waals surface area contributed by atoms with Gasteiger partial charge in [0.15, 0.2) is 0 Å². The molecule has 0 aliphatic carbocycles. The van der Waals surface area contributed by atoms with Crippen molar-refractivity contribution >= 4 is 11.7 Å². The minimum Gasteiger partial charge on any atom is -0.469 e. The first-order valence-corrected chi connectivity index (χ1v) is 6.51. The topological polar surface area (TPSA) is 41.6 Å². The van der Waals surface area contributed by atoms with Crippen LogP contribution in [0.3, 0.4) is 0 Å². The Hall–Kier alpha value is -1.62. The number of nitrogens with one attached hydrogen (secondary N) is 1. The lowest BCUT2D eigenvalue weighted by Gasteiger charge is -2.31. The van der Waals surface area contributed by atoms with Gasteiger partial charge in [0, 0.05) is 13.1 Å². The molecule has 5 heteroatoms. The van der Waals surface area contributed by atoms with Crippen molar-refractivity contribution in [1.82, 2.24) is 5.32 Å². The predicted molar refractivity (Wildman–Crippen MR) is 71.7 cm³/mol. The summed E-state index contributed by atoms with van der Waals surface area (Å²) in [5.41, 5.74) is 0.556. The van der Waals surface area contributed by atoms with Gasteiger partial charge >= 0.3 is 5.97 Å². The average Bonchev–Trinajstić information content (AvgIpc) is 2.65. The quantitative estimate of drug-likeness (QED) is 0.843. The number of halogens is 1.